The van der Waals surface area contributed by atoms with Crippen molar-refractivity contribution < 1.29 is 24.1 Å². The van der Waals surface area contributed by atoms with Gasteiger partial charge in [0.2, 0.25) is 0 Å². The molecule has 1 aliphatic rings. The van der Waals surface area contributed by atoms with Crippen molar-refractivity contribution in [1.29, 1.82) is 0 Å². The monoisotopic (exact) mass is 809 g/mol. The maximum Gasteiger partial charge on any atom is 0.319 e. The van der Waals surface area contributed by atoms with E-state index in [2.05, 4.69) is 126 Å². The van der Waals surface area contributed by atoms with E-state index in [1.165, 1.54) is 11.1 Å². The predicted octanol–water partition coefficient (Wildman–Crippen LogP) is 11.5. The molecule has 8 nitrogen and oxygen atoms in total. The van der Waals surface area contributed by atoms with Crippen LogP contribution in [-0.4, -0.2) is 28.7 Å². The fraction of sp³-hybridized carbons (Fsp3) is 0.189. The first kappa shape index (κ1) is 41.2. The maximum atomic E-state index is 13.0. The average Bonchev–Trinajstić information content (AvgIpc) is 3.31. The molecule has 1 aliphatic heterocycles. The van der Waals surface area contributed by atoms with Gasteiger partial charge in [0.15, 0.2) is 6.29 Å². The lowest BCUT2D eigenvalue weighted by Gasteiger charge is -2.43. The Morgan fingerprint density at radius 2 is 1.20 bits per heavy atom. The van der Waals surface area contributed by atoms with E-state index in [1.54, 1.807) is 0 Å². The number of anilines is 1. The molecule has 1 fully saturated rings. The summed E-state index contributed by atoms with van der Waals surface area (Å²) in [5.74, 6) is 1.47. The summed E-state index contributed by atoms with van der Waals surface area (Å²) in [6.45, 7) is 4.81. The summed E-state index contributed by atoms with van der Waals surface area (Å²) < 4.78 is 19.7. The van der Waals surface area contributed by atoms with Crippen LogP contribution in [-0.2, 0) is 35.7 Å². The molecule has 0 saturated carbocycles. The molecule has 2 amide bonds. The third-order valence-corrected chi connectivity index (χ3v) is 11.1. The zero-order valence-corrected chi connectivity index (χ0v) is 34.3. The van der Waals surface area contributed by atoms with Crippen LogP contribution in [0.15, 0.2) is 188 Å². The maximum absolute atomic E-state index is 13.0. The average molecular weight is 810 g/mol. The molecular weight excluding hydrogens is 759 g/mol. The van der Waals surface area contributed by atoms with E-state index in [1.807, 2.05) is 84.9 Å². The minimum atomic E-state index is -0.604. The first-order chi connectivity index (χ1) is 30.0. The van der Waals surface area contributed by atoms with Crippen LogP contribution in [0, 0.1) is 5.92 Å². The fourth-order valence-electron chi connectivity index (χ4n) is 7.81. The second kappa shape index (κ2) is 20.1. The lowest BCUT2D eigenvalue weighted by Crippen LogP contribution is -2.44. The lowest BCUT2D eigenvalue weighted by atomic mass is 9.89. The summed E-state index contributed by atoms with van der Waals surface area (Å²) >= 11 is 0. The molecule has 308 valence electrons. The van der Waals surface area contributed by atoms with E-state index >= 15 is 0 Å². The molecular formula is C53H51N3O5. The zero-order valence-electron chi connectivity index (χ0n) is 34.3. The molecule has 7 aromatic rings. The van der Waals surface area contributed by atoms with Gasteiger partial charge in [0.05, 0.1) is 18.8 Å². The Morgan fingerprint density at radius 1 is 0.623 bits per heavy atom. The summed E-state index contributed by atoms with van der Waals surface area (Å²) in [5.41, 5.74) is 9.02. The standard InChI is InChI=1S/C53H51N3O5/c1-38-50(36-56(34-39-13-5-2-6-14-39)35-40-15-7-3-8-16-40)60-52(61-51(38)43-23-21-41(37-57)22-24-43)44-27-25-42(26-28-44)49-20-12-11-17-45(49)33-54-53(58)55-46-29-31-48(32-30-46)59-47-18-9-4-10-19-47/h2-32,38,50-52,57H,33-37H2,1H3,(H2,54,55,58). The number of hydrogen-bond acceptors (Lipinski definition) is 6. The molecule has 3 N–H and O–H groups in total. The minimum Gasteiger partial charge on any atom is -0.457 e. The normalized spacial score (nSPS) is 17.4. The first-order valence-electron chi connectivity index (χ1n) is 20.8. The molecule has 4 unspecified atom stereocenters. The molecule has 0 aliphatic carbocycles. The van der Waals surface area contributed by atoms with Crippen molar-refractivity contribution in [2.24, 2.45) is 5.92 Å². The van der Waals surface area contributed by atoms with Crippen molar-refractivity contribution in [3.63, 3.8) is 0 Å². The Labute approximate surface area is 358 Å². The number of para-hydroxylation sites is 1. The number of hydrogen-bond donors (Lipinski definition) is 3. The lowest BCUT2D eigenvalue weighted by molar-refractivity contribution is -0.276. The van der Waals surface area contributed by atoms with E-state index in [0.717, 1.165) is 52.2 Å². The fourth-order valence-corrected chi connectivity index (χ4v) is 7.81. The van der Waals surface area contributed by atoms with E-state index in [4.69, 9.17) is 14.2 Å². The highest BCUT2D eigenvalue weighted by molar-refractivity contribution is 5.89. The Kier molecular flexibility index (Phi) is 13.6. The van der Waals surface area contributed by atoms with Crippen molar-refractivity contribution >= 4 is 11.7 Å². The molecule has 0 bridgehead atoms. The van der Waals surface area contributed by atoms with Gasteiger partial charge in [-0.25, -0.2) is 4.79 Å². The Hall–Kier alpha value is -6.55. The number of urea groups is 1. The third-order valence-electron chi connectivity index (χ3n) is 11.1. The van der Waals surface area contributed by atoms with Crippen LogP contribution in [0.25, 0.3) is 11.1 Å². The van der Waals surface area contributed by atoms with E-state index in [9.17, 15) is 9.90 Å². The summed E-state index contributed by atoms with van der Waals surface area (Å²) in [7, 11) is 0. The highest BCUT2D eigenvalue weighted by Gasteiger charge is 2.39. The number of benzene rings is 7. The molecule has 1 heterocycles. The number of aliphatic hydroxyl groups is 1. The van der Waals surface area contributed by atoms with Crippen LogP contribution in [0.5, 0.6) is 11.5 Å². The van der Waals surface area contributed by atoms with E-state index in [-0.39, 0.29) is 30.8 Å². The molecule has 8 rings (SSSR count). The van der Waals surface area contributed by atoms with Crippen LogP contribution in [0.4, 0.5) is 10.5 Å². The van der Waals surface area contributed by atoms with Crippen LogP contribution in [0.2, 0.25) is 0 Å². The van der Waals surface area contributed by atoms with Gasteiger partial charge in [-0.05, 0) is 75.3 Å². The molecule has 0 spiro atoms. The SMILES string of the molecule is CC1C(CN(Cc2ccccc2)Cc2ccccc2)OC(c2ccc(-c3ccccc3CNC(=O)Nc3ccc(Oc4ccccc4)cc3)cc2)OC1c1ccc(CO)cc1. The zero-order chi connectivity index (χ0) is 41.8. The van der Waals surface area contributed by atoms with Gasteiger partial charge in [-0.2, -0.15) is 0 Å². The summed E-state index contributed by atoms with van der Waals surface area (Å²) in [6, 6.07) is 62.2. The third kappa shape index (κ3) is 11.0. The smallest absolute Gasteiger partial charge is 0.319 e. The summed E-state index contributed by atoms with van der Waals surface area (Å²) in [4.78, 5) is 15.5. The number of carbonyl (C=O) groups is 1. The van der Waals surface area contributed by atoms with Crippen molar-refractivity contribution in [3.05, 3.63) is 221 Å². The Balaban J connectivity index is 0.969. The van der Waals surface area contributed by atoms with Crippen LogP contribution >= 0.6 is 0 Å². The van der Waals surface area contributed by atoms with Crippen molar-refractivity contribution in [3.8, 4) is 22.6 Å². The molecule has 0 radical (unpaired) electrons. The van der Waals surface area contributed by atoms with Crippen LogP contribution in [0.3, 0.4) is 0 Å². The van der Waals surface area contributed by atoms with E-state index < -0.39 is 6.29 Å². The number of ether oxygens (including phenoxy) is 3. The van der Waals surface area contributed by atoms with Gasteiger partial charge in [0.25, 0.3) is 0 Å². The van der Waals surface area contributed by atoms with Crippen molar-refractivity contribution in [2.75, 3.05) is 11.9 Å². The molecule has 4 atom stereocenters. The number of nitrogens with zero attached hydrogens (tertiary/aromatic N) is 1. The van der Waals surface area contributed by atoms with Gasteiger partial charge in [-0.15, -0.1) is 0 Å². The molecule has 7 aromatic carbocycles. The van der Waals surface area contributed by atoms with Crippen LogP contribution < -0.4 is 15.4 Å². The topological polar surface area (TPSA) is 92.3 Å². The number of rotatable bonds is 15. The van der Waals surface area contributed by atoms with Gasteiger partial charge < -0.3 is 30.0 Å². The Bertz CT molecular complexity index is 2390. The highest BCUT2D eigenvalue weighted by Crippen LogP contribution is 2.42. The number of aliphatic hydroxyl groups excluding tert-OH is 1. The van der Waals surface area contributed by atoms with Gasteiger partial charge in [-0.3, -0.25) is 4.90 Å². The predicted molar refractivity (Wildman–Crippen MR) is 241 cm³/mol. The Morgan fingerprint density at radius 3 is 1.84 bits per heavy atom. The van der Waals surface area contributed by atoms with Gasteiger partial charge in [-0.1, -0.05) is 159 Å². The van der Waals surface area contributed by atoms with Gasteiger partial charge in [0, 0.05) is 43.3 Å². The summed E-state index contributed by atoms with van der Waals surface area (Å²) in [6.07, 6.45) is -0.982. The summed E-state index contributed by atoms with van der Waals surface area (Å²) in [5, 5.41) is 15.7. The minimum absolute atomic E-state index is 0.0110. The molecule has 1 saturated heterocycles. The van der Waals surface area contributed by atoms with E-state index in [0.29, 0.717) is 24.5 Å². The van der Waals surface area contributed by atoms with Gasteiger partial charge >= 0.3 is 6.03 Å². The number of amides is 2. The molecule has 8 heteroatoms. The van der Waals surface area contributed by atoms with Crippen LogP contribution in [0.1, 0.15) is 52.7 Å². The van der Waals surface area contributed by atoms with Crippen molar-refractivity contribution in [2.45, 2.75) is 51.7 Å². The molecule has 61 heavy (non-hydrogen) atoms. The van der Waals surface area contributed by atoms with Gasteiger partial charge in [0.1, 0.15) is 11.5 Å². The second-order valence-electron chi connectivity index (χ2n) is 15.5. The largest absolute Gasteiger partial charge is 0.457 e. The quantitative estimate of drug-likeness (QED) is 0.0955. The number of nitrogens with one attached hydrogen (secondary N) is 2. The van der Waals surface area contributed by atoms with Crippen molar-refractivity contribution in [1.82, 2.24) is 10.2 Å². The number of carbonyl (C=O) groups excluding carboxylic acids is 1. The highest BCUT2D eigenvalue weighted by atomic mass is 16.7. The first-order valence-corrected chi connectivity index (χ1v) is 20.8. The molecule has 0 aromatic heterocycles. The second-order valence-corrected chi connectivity index (χ2v) is 15.5.